The van der Waals surface area contributed by atoms with Crippen molar-refractivity contribution in [1.29, 1.82) is 0 Å². The van der Waals surface area contributed by atoms with Crippen molar-refractivity contribution in [2.75, 3.05) is 0 Å². The van der Waals surface area contributed by atoms with Gasteiger partial charge in [0.05, 0.1) is 6.54 Å². The molecule has 4 aromatic rings. The fraction of sp³-hybridized carbons (Fsp3) is 0.130. The van der Waals surface area contributed by atoms with Gasteiger partial charge in [0.15, 0.2) is 11.5 Å². The first-order chi connectivity index (χ1) is 15.5. The van der Waals surface area contributed by atoms with E-state index in [0.717, 1.165) is 24.8 Å². The molecular weight excluding hydrogens is 544 g/mol. The molecule has 1 aromatic heterocycles. The molecule has 0 bridgehead atoms. The van der Waals surface area contributed by atoms with Gasteiger partial charge in [-0.2, -0.15) is 0 Å². The van der Waals surface area contributed by atoms with Crippen LogP contribution in [0.4, 0.5) is 0 Å². The first kappa shape index (κ1) is 22.2. The highest BCUT2D eigenvalue weighted by Crippen LogP contribution is 2.31. The van der Waals surface area contributed by atoms with Crippen molar-refractivity contribution in [3.05, 3.63) is 113 Å². The number of rotatable bonds is 8. The fourth-order valence-corrected chi connectivity index (χ4v) is 3.94. The van der Waals surface area contributed by atoms with Crippen LogP contribution >= 0.6 is 31.9 Å². The van der Waals surface area contributed by atoms with Crippen LogP contribution in [0.5, 0.6) is 11.5 Å². The number of H-pyrrole nitrogens is 1. The van der Waals surface area contributed by atoms with Gasteiger partial charge in [-0.05, 0) is 53.1 Å². The van der Waals surface area contributed by atoms with Gasteiger partial charge in [-0.15, -0.1) is 4.74 Å². The van der Waals surface area contributed by atoms with Gasteiger partial charge in [0.1, 0.15) is 13.2 Å². The molecule has 0 spiro atoms. The molecule has 1 heterocycles. The van der Waals surface area contributed by atoms with Crippen LogP contribution in [-0.2, 0) is 19.8 Å². The van der Waals surface area contributed by atoms with E-state index in [0.29, 0.717) is 30.3 Å². The summed E-state index contributed by atoms with van der Waals surface area (Å²) in [5.74, 6) is 0.282. The van der Waals surface area contributed by atoms with Crippen molar-refractivity contribution in [3.63, 3.8) is 0 Å². The van der Waals surface area contributed by atoms with Gasteiger partial charge in [-0.25, -0.2) is 14.6 Å². The maximum atomic E-state index is 11.8. The zero-order chi connectivity index (χ0) is 22.5. The standard InChI is InChI=1S/C23H18Br2N2O5/c24-18-5-1-3-16(9-18)13-30-20-8-7-15(12-27-22(28)26-23(29)32-27)11-21(20)31-14-17-4-2-6-19(25)10-17/h1-11H,12-14H2,(H,26,28,29). The quantitative estimate of drug-likeness (QED) is 0.332. The third-order valence-electron chi connectivity index (χ3n) is 4.53. The molecule has 0 aliphatic heterocycles. The number of halogens is 2. The smallest absolute Gasteiger partial charge is 0.440 e. The Morgan fingerprint density at radius 1 is 0.781 bits per heavy atom. The molecule has 0 saturated heterocycles. The monoisotopic (exact) mass is 560 g/mol. The van der Waals surface area contributed by atoms with E-state index in [9.17, 15) is 9.59 Å². The van der Waals surface area contributed by atoms with E-state index in [1.165, 1.54) is 0 Å². The summed E-state index contributed by atoms with van der Waals surface area (Å²) in [7, 11) is 0. The summed E-state index contributed by atoms with van der Waals surface area (Å²) in [4.78, 5) is 25.1. The summed E-state index contributed by atoms with van der Waals surface area (Å²) in [5.41, 5.74) is 2.09. The molecule has 1 N–H and O–H groups in total. The lowest BCUT2D eigenvalue weighted by Gasteiger charge is -2.15. The lowest BCUT2D eigenvalue weighted by molar-refractivity contribution is 0.250. The lowest BCUT2D eigenvalue weighted by Crippen LogP contribution is -2.17. The minimum Gasteiger partial charge on any atom is -0.485 e. The number of hydrogen-bond donors (Lipinski definition) is 1. The van der Waals surface area contributed by atoms with E-state index in [4.69, 9.17) is 14.0 Å². The van der Waals surface area contributed by atoms with E-state index >= 15 is 0 Å². The maximum absolute atomic E-state index is 11.8. The van der Waals surface area contributed by atoms with Crippen molar-refractivity contribution >= 4 is 31.9 Å². The number of benzene rings is 3. The van der Waals surface area contributed by atoms with Crippen molar-refractivity contribution in [2.45, 2.75) is 19.8 Å². The summed E-state index contributed by atoms with van der Waals surface area (Å²) in [5, 5.41) is 0. The van der Waals surface area contributed by atoms with Crippen LogP contribution in [0.1, 0.15) is 16.7 Å². The molecule has 0 fully saturated rings. The minimum atomic E-state index is -0.796. The molecule has 0 amide bonds. The minimum absolute atomic E-state index is 0.0801. The van der Waals surface area contributed by atoms with Crippen LogP contribution in [0.15, 0.2) is 89.8 Å². The lowest BCUT2D eigenvalue weighted by atomic mass is 10.2. The predicted molar refractivity (Wildman–Crippen MR) is 126 cm³/mol. The summed E-state index contributed by atoms with van der Waals surface area (Å²) < 4.78 is 19.8. The molecule has 9 heteroatoms. The van der Waals surface area contributed by atoms with Gasteiger partial charge in [0.25, 0.3) is 0 Å². The molecule has 0 saturated carbocycles. The van der Waals surface area contributed by atoms with Crippen molar-refractivity contribution in [1.82, 2.24) is 9.72 Å². The number of nitrogens with one attached hydrogen (secondary N) is 1. The number of nitrogens with zero attached hydrogens (tertiary/aromatic N) is 1. The number of aromatic amines is 1. The zero-order valence-electron chi connectivity index (χ0n) is 16.7. The van der Waals surface area contributed by atoms with E-state index in [2.05, 4.69) is 36.8 Å². The van der Waals surface area contributed by atoms with E-state index in [1.54, 1.807) is 18.2 Å². The molecule has 7 nitrogen and oxygen atoms in total. The third-order valence-corrected chi connectivity index (χ3v) is 5.52. The summed E-state index contributed by atoms with van der Waals surface area (Å²) in [6.07, 6.45) is 0. The maximum Gasteiger partial charge on any atom is 0.440 e. The number of ether oxygens (including phenoxy) is 2. The Labute approximate surface area is 199 Å². The predicted octanol–water partition coefficient (Wildman–Crippen LogP) is 4.86. The Bertz CT molecular complexity index is 1340. The molecule has 0 unspecified atom stereocenters. The van der Waals surface area contributed by atoms with Gasteiger partial charge in [0, 0.05) is 8.95 Å². The van der Waals surface area contributed by atoms with Gasteiger partial charge < -0.3 is 14.0 Å². The largest absolute Gasteiger partial charge is 0.485 e. The highest BCUT2D eigenvalue weighted by atomic mass is 79.9. The van der Waals surface area contributed by atoms with Gasteiger partial charge in [-0.1, -0.05) is 62.2 Å². The van der Waals surface area contributed by atoms with Gasteiger partial charge >= 0.3 is 11.4 Å². The fourth-order valence-electron chi connectivity index (χ4n) is 3.04. The molecule has 0 radical (unpaired) electrons. The average molecular weight is 562 g/mol. The Morgan fingerprint density at radius 3 is 1.97 bits per heavy atom. The first-order valence-corrected chi connectivity index (χ1v) is 11.2. The molecule has 3 aromatic carbocycles. The molecule has 164 valence electrons. The van der Waals surface area contributed by atoms with E-state index < -0.39 is 11.4 Å². The summed E-state index contributed by atoms with van der Waals surface area (Å²) in [6, 6.07) is 21.0. The highest BCUT2D eigenvalue weighted by Gasteiger charge is 2.11. The summed E-state index contributed by atoms with van der Waals surface area (Å²) >= 11 is 6.92. The Balaban J connectivity index is 1.57. The van der Waals surface area contributed by atoms with E-state index in [1.807, 2.05) is 48.5 Å². The van der Waals surface area contributed by atoms with E-state index in [-0.39, 0.29) is 6.54 Å². The molecular formula is C23H18Br2N2O5. The number of aromatic nitrogens is 2. The molecule has 0 aliphatic carbocycles. The van der Waals surface area contributed by atoms with Crippen LogP contribution in [0.3, 0.4) is 0 Å². The van der Waals surface area contributed by atoms with Crippen molar-refractivity contribution in [3.8, 4) is 11.5 Å². The van der Waals surface area contributed by atoms with Gasteiger partial charge in [-0.3, -0.25) is 0 Å². The van der Waals surface area contributed by atoms with Crippen LogP contribution in [-0.4, -0.2) is 9.72 Å². The van der Waals surface area contributed by atoms with Crippen molar-refractivity contribution in [2.24, 2.45) is 0 Å². The number of hydrogen-bond acceptors (Lipinski definition) is 5. The second-order valence-electron chi connectivity index (χ2n) is 6.96. The average Bonchev–Trinajstić information content (AvgIpc) is 3.08. The van der Waals surface area contributed by atoms with Crippen LogP contribution in [0.25, 0.3) is 0 Å². The Kier molecular flexibility index (Phi) is 6.96. The summed E-state index contributed by atoms with van der Waals surface area (Å²) in [6.45, 7) is 0.768. The zero-order valence-corrected chi connectivity index (χ0v) is 19.9. The van der Waals surface area contributed by atoms with Crippen LogP contribution in [0.2, 0.25) is 0 Å². The van der Waals surface area contributed by atoms with Crippen LogP contribution in [0, 0.1) is 0 Å². The third kappa shape index (κ3) is 5.80. The van der Waals surface area contributed by atoms with Crippen LogP contribution < -0.4 is 20.9 Å². The molecule has 32 heavy (non-hydrogen) atoms. The molecule has 4 rings (SSSR count). The first-order valence-electron chi connectivity index (χ1n) is 9.64. The van der Waals surface area contributed by atoms with Crippen molar-refractivity contribution < 1.29 is 14.0 Å². The Morgan fingerprint density at radius 2 is 1.41 bits per heavy atom. The SMILES string of the molecule is O=c1[nH]c(=O)n(Cc2ccc(OCc3cccc(Br)c3)c(OCc3cccc(Br)c3)c2)o1. The highest BCUT2D eigenvalue weighted by molar-refractivity contribution is 9.10. The van der Waals surface area contributed by atoms with Gasteiger partial charge in [0.2, 0.25) is 0 Å². The molecule has 0 aliphatic rings. The normalized spacial score (nSPS) is 10.8. The second kappa shape index (κ2) is 10.1. The molecule has 0 atom stereocenters. The second-order valence-corrected chi connectivity index (χ2v) is 8.80. The Hall–Kier alpha value is -3.04. The topological polar surface area (TPSA) is 86.5 Å².